The number of likely N-dealkylation sites (tertiary alicyclic amines) is 1. The van der Waals surface area contributed by atoms with Crippen molar-refractivity contribution < 1.29 is 0 Å². The van der Waals surface area contributed by atoms with Crippen molar-refractivity contribution in [2.75, 3.05) is 32.7 Å². The highest BCUT2D eigenvalue weighted by molar-refractivity contribution is 4.91. The van der Waals surface area contributed by atoms with Crippen molar-refractivity contribution in [3.63, 3.8) is 0 Å². The van der Waals surface area contributed by atoms with E-state index in [-0.39, 0.29) is 5.41 Å². The van der Waals surface area contributed by atoms with Gasteiger partial charge in [0.15, 0.2) is 0 Å². The fraction of sp³-hybridized carbons (Fsp3) is 0.933. The predicted molar refractivity (Wildman–Crippen MR) is 76.4 cm³/mol. The standard InChI is InChI=1S/C15H29N3/c1-15(2,14-16)8-4-5-9-17-10-13-18-11-6-3-7-12-18/h17H,3-13H2,1-2H3. The van der Waals surface area contributed by atoms with E-state index in [0.29, 0.717) is 0 Å². The van der Waals surface area contributed by atoms with Crippen LogP contribution in [0.5, 0.6) is 0 Å². The number of hydrogen-bond donors (Lipinski definition) is 1. The van der Waals surface area contributed by atoms with Gasteiger partial charge in [-0.3, -0.25) is 0 Å². The van der Waals surface area contributed by atoms with Crippen LogP contribution in [-0.2, 0) is 0 Å². The van der Waals surface area contributed by atoms with Gasteiger partial charge in [-0.15, -0.1) is 0 Å². The lowest BCUT2D eigenvalue weighted by molar-refractivity contribution is 0.229. The first kappa shape index (κ1) is 15.5. The number of hydrogen-bond acceptors (Lipinski definition) is 3. The Morgan fingerprint density at radius 1 is 1.11 bits per heavy atom. The zero-order chi connectivity index (χ0) is 13.3. The molecule has 1 aliphatic heterocycles. The molecule has 3 heteroatoms. The number of nitrogens with one attached hydrogen (secondary N) is 1. The second-order valence-electron chi connectivity index (χ2n) is 6.11. The molecule has 0 aromatic heterocycles. The lowest BCUT2D eigenvalue weighted by Gasteiger charge is -2.26. The third-order valence-corrected chi connectivity index (χ3v) is 3.76. The summed E-state index contributed by atoms with van der Waals surface area (Å²) >= 11 is 0. The molecule has 18 heavy (non-hydrogen) atoms. The van der Waals surface area contributed by atoms with E-state index in [2.05, 4.69) is 16.3 Å². The molecule has 1 fully saturated rings. The molecule has 0 aliphatic carbocycles. The summed E-state index contributed by atoms with van der Waals surface area (Å²) in [6, 6.07) is 2.36. The van der Waals surface area contributed by atoms with Gasteiger partial charge in [0.05, 0.1) is 11.5 Å². The van der Waals surface area contributed by atoms with Crippen molar-refractivity contribution in [1.82, 2.24) is 10.2 Å². The average Bonchev–Trinajstić information content (AvgIpc) is 2.39. The largest absolute Gasteiger partial charge is 0.315 e. The lowest BCUT2D eigenvalue weighted by atomic mass is 9.89. The van der Waals surface area contributed by atoms with E-state index in [1.807, 2.05) is 13.8 Å². The molecule has 0 radical (unpaired) electrons. The van der Waals surface area contributed by atoms with Gasteiger partial charge in [0.25, 0.3) is 0 Å². The first-order valence-electron chi connectivity index (χ1n) is 7.48. The molecule has 0 atom stereocenters. The Hall–Kier alpha value is -0.590. The summed E-state index contributed by atoms with van der Waals surface area (Å²) in [5.41, 5.74) is -0.145. The number of piperidine rings is 1. The molecule has 1 aliphatic rings. The Morgan fingerprint density at radius 2 is 1.83 bits per heavy atom. The van der Waals surface area contributed by atoms with Crippen molar-refractivity contribution in [2.24, 2.45) is 5.41 Å². The Labute approximate surface area is 113 Å². The molecule has 1 heterocycles. The molecule has 1 N–H and O–H groups in total. The van der Waals surface area contributed by atoms with Crippen molar-refractivity contribution in [1.29, 1.82) is 5.26 Å². The van der Waals surface area contributed by atoms with Crippen LogP contribution in [0, 0.1) is 16.7 Å². The van der Waals surface area contributed by atoms with Crippen LogP contribution in [0.2, 0.25) is 0 Å². The third kappa shape index (κ3) is 6.98. The van der Waals surface area contributed by atoms with Gasteiger partial charge in [0.1, 0.15) is 0 Å². The van der Waals surface area contributed by atoms with E-state index in [1.165, 1.54) is 45.3 Å². The van der Waals surface area contributed by atoms with E-state index >= 15 is 0 Å². The van der Waals surface area contributed by atoms with Crippen LogP contribution in [0.1, 0.15) is 52.4 Å². The Kier molecular flexibility index (Phi) is 7.31. The summed E-state index contributed by atoms with van der Waals surface area (Å²) in [5.74, 6) is 0. The number of unbranched alkanes of at least 4 members (excludes halogenated alkanes) is 1. The maximum Gasteiger partial charge on any atom is 0.0683 e. The van der Waals surface area contributed by atoms with E-state index < -0.39 is 0 Å². The fourth-order valence-corrected chi connectivity index (χ4v) is 2.42. The Morgan fingerprint density at radius 3 is 2.50 bits per heavy atom. The molecule has 0 spiro atoms. The highest BCUT2D eigenvalue weighted by Crippen LogP contribution is 2.21. The number of nitrogens with zero attached hydrogens (tertiary/aromatic N) is 2. The van der Waals surface area contributed by atoms with E-state index in [1.54, 1.807) is 0 Å². The van der Waals surface area contributed by atoms with Gasteiger partial charge in [-0.2, -0.15) is 5.26 Å². The summed E-state index contributed by atoms with van der Waals surface area (Å²) in [6.45, 7) is 10.0. The van der Waals surface area contributed by atoms with Crippen molar-refractivity contribution in [3.05, 3.63) is 0 Å². The van der Waals surface area contributed by atoms with Gasteiger partial charge in [0.2, 0.25) is 0 Å². The zero-order valence-electron chi connectivity index (χ0n) is 12.2. The maximum atomic E-state index is 8.91. The SMILES string of the molecule is CC(C)(C#N)CCCCNCCN1CCCCC1. The zero-order valence-corrected chi connectivity index (χ0v) is 12.2. The highest BCUT2D eigenvalue weighted by atomic mass is 15.1. The first-order valence-corrected chi connectivity index (χ1v) is 7.48. The van der Waals surface area contributed by atoms with Crippen LogP contribution in [0.15, 0.2) is 0 Å². The molecule has 1 rings (SSSR count). The molecule has 104 valence electrons. The minimum absolute atomic E-state index is 0.145. The summed E-state index contributed by atoms with van der Waals surface area (Å²) in [6.07, 6.45) is 7.52. The van der Waals surface area contributed by atoms with Gasteiger partial charge in [-0.05, 0) is 59.2 Å². The molecule has 0 aromatic carbocycles. The third-order valence-electron chi connectivity index (χ3n) is 3.76. The molecular weight excluding hydrogens is 222 g/mol. The lowest BCUT2D eigenvalue weighted by Crippen LogP contribution is -2.36. The van der Waals surface area contributed by atoms with Crippen LogP contribution in [0.3, 0.4) is 0 Å². The molecule has 0 saturated carbocycles. The fourth-order valence-electron chi connectivity index (χ4n) is 2.42. The van der Waals surface area contributed by atoms with Crippen LogP contribution < -0.4 is 5.32 Å². The summed E-state index contributed by atoms with van der Waals surface area (Å²) < 4.78 is 0. The van der Waals surface area contributed by atoms with E-state index in [9.17, 15) is 0 Å². The van der Waals surface area contributed by atoms with Gasteiger partial charge in [0, 0.05) is 13.1 Å². The molecule has 1 saturated heterocycles. The van der Waals surface area contributed by atoms with Gasteiger partial charge < -0.3 is 10.2 Å². The highest BCUT2D eigenvalue weighted by Gasteiger charge is 2.15. The van der Waals surface area contributed by atoms with Crippen LogP contribution in [0.4, 0.5) is 0 Å². The summed E-state index contributed by atoms with van der Waals surface area (Å²) in [5, 5.41) is 12.4. The monoisotopic (exact) mass is 251 g/mol. The molecule has 0 amide bonds. The number of nitriles is 1. The molecule has 0 bridgehead atoms. The van der Waals surface area contributed by atoms with E-state index in [4.69, 9.17) is 5.26 Å². The summed E-state index contributed by atoms with van der Waals surface area (Å²) in [4.78, 5) is 2.56. The first-order chi connectivity index (χ1) is 8.64. The molecule has 0 unspecified atom stereocenters. The summed E-state index contributed by atoms with van der Waals surface area (Å²) in [7, 11) is 0. The van der Waals surface area contributed by atoms with Crippen molar-refractivity contribution >= 4 is 0 Å². The van der Waals surface area contributed by atoms with Gasteiger partial charge in [-0.1, -0.05) is 12.8 Å². The topological polar surface area (TPSA) is 39.1 Å². The Balaban J connectivity index is 1.88. The average molecular weight is 251 g/mol. The predicted octanol–water partition coefficient (Wildman–Crippen LogP) is 2.78. The molecule has 0 aromatic rings. The van der Waals surface area contributed by atoms with Crippen LogP contribution in [0.25, 0.3) is 0 Å². The van der Waals surface area contributed by atoms with Gasteiger partial charge >= 0.3 is 0 Å². The quantitative estimate of drug-likeness (QED) is 0.674. The van der Waals surface area contributed by atoms with Gasteiger partial charge in [-0.25, -0.2) is 0 Å². The normalized spacial score (nSPS) is 17.6. The minimum Gasteiger partial charge on any atom is -0.315 e. The Bertz CT molecular complexity index is 249. The smallest absolute Gasteiger partial charge is 0.0683 e. The van der Waals surface area contributed by atoms with Crippen molar-refractivity contribution in [2.45, 2.75) is 52.4 Å². The second-order valence-corrected chi connectivity index (χ2v) is 6.11. The molecular formula is C15H29N3. The minimum atomic E-state index is -0.145. The van der Waals surface area contributed by atoms with Crippen molar-refractivity contribution in [3.8, 4) is 6.07 Å². The molecule has 3 nitrogen and oxygen atoms in total. The van der Waals surface area contributed by atoms with Crippen LogP contribution in [-0.4, -0.2) is 37.6 Å². The second kappa shape index (κ2) is 8.50. The van der Waals surface area contributed by atoms with E-state index in [0.717, 1.165) is 25.9 Å². The maximum absolute atomic E-state index is 8.91. The van der Waals surface area contributed by atoms with Crippen LogP contribution >= 0.6 is 0 Å². The number of rotatable bonds is 8.